The predicted molar refractivity (Wildman–Crippen MR) is 217 cm³/mol. The second-order valence-corrected chi connectivity index (χ2v) is 21.2. The Morgan fingerprint density at radius 1 is 0.982 bits per heavy atom. The summed E-state index contributed by atoms with van der Waals surface area (Å²) < 4.78 is 68.5. The van der Waals surface area contributed by atoms with Crippen LogP contribution in [0.3, 0.4) is 0 Å². The maximum atomic E-state index is 13.7. The fourth-order valence-corrected chi connectivity index (χ4v) is 12.4. The van der Waals surface area contributed by atoms with E-state index in [2.05, 4.69) is 31.6 Å². The van der Waals surface area contributed by atoms with Crippen molar-refractivity contribution in [2.45, 2.75) is 82.8 Å². The molecule has 4 heterocycles. The Kier molecular flexibility index (Phi) is 12.3. The standard InChI is InChI=1S/C41H57ClN4O7S2/c1-4-53-41(28-44-18-19-45-20-21-54(48,49)27-36(45)25-44)16-7-8-29(2)30(3)55(50,51)43-40(47)32-12-15-39-38(23-32)46(24-33-11-14-37(33)41)17-6-5-9-31-22-35(42)13-10-34(31)26-52-39/h7,10,12-13,15-16,22-23,29-30,33,36-37H,4-6,8-9,11,14,17-21,24-28H2,1-3H3,(H,43,47)/b16-7+/t29-,30+,33-,36+,37+,41-/m0/s1. The number of fused-ring (bicyclic) bond motifs is 4. The van der Waals surface area contributed by atoms with Crippen LogP contribution in [-0.2, 0) is 37.6 Å². The van der Waals surface area contributed by atoms with Gasteiger partial charge in [-0.05, 0) is 112 Å². The van der Waals surface area contributed by atoms with Crippen molar-refractivity contribution in [2.24, 2.45) is 17.8 Å². The topological polar surface area (TPSA) is 126 Å². The van der Waals surface area contributed by atoms with Crippen LogP contribution in [0.1, 0.15) is 74.4 Å². The Balaban J connectivity index is 1.26. The van der Waals surface area contributed by atoms with E-state index >= 15 is 0 Å². The Labute approximate surface area is 332 Å². The van der Waals surface area contributed by atoms with E-state index in [4.69, 9.17) is 21.1 Å². The number of halogens is 1. The summed E-state index contributed by atoms with van der Waals surface area (Å²) in [7, 11) is -7.09. The zero-order chi connectivity index (χ0) is 39.0. The van der Waals surface area contributed by atoms with Crippen molar-refractivity contribution < 1.29 is 31.1 Å². The normalized spacial score (nSPS) is 32.3. The Morgan fingerprint density at radius 3 is 2.60 bits per heavy atom. The fourth-order valence-electron chi connectivity index (χ4n) is 9.35. The molecule has 302 valence electrons. The van der Waals surface area contributed by atoms with Crippen molar-refractivity contribution in [3.8, 4) is 5.75 Å². The number of benzene rings is 2. The first-order valence-corrected chi connectivity index (χ1v) is 23.8. The fraction of sp³-hybridized carbons (Fsp3) is 0.634. The Bertz CT molecular complexity index is 1980. The molecule has 7 rings (SSSR count). The van der Waals surface area contributed by atoms with Crippen molar-refractivity contribution in [3.05, 3.63) is 70.3 Å². The number of rotatable bonds is 4. The highest BCUT2D eigenvalue weighted by Gasteiger charge is 2.49. The zero-order valence-corrected chi connectivity index (χ0v) is 34.8. The quantitative estimate of drug-likeness (QED) is 0.406. The first kappa shape index (κ1) is 40.5. The first-order valence-electron chi connectivity index (χ1n) is 20.1. The number of sulfonamides is 1. The van der Waals surface area contributed by atoms with Crippen LogP contribution in [0.2, 0.25) is 5.02 Å². The number of amides is 1. The Hall–Kier alpha value is -2.68. The third-order valence-electron chi connectivity index (χ3n) is 12.9. The lowest BCUT2D eigenvalue weighted by molar-refractivity contribution is -0.114. The van der Waals surface area contributed by atoms with E-state index in [0.29, 0.717) is 56.6 Å². The number of ether oxygens (including phenoxy) is 2. The molecule has 1 N–H and O–H groups in total. The summed E-state index contributed by atoms with van der Waals surface area (Å²) in [5, 5.41) is -0.135. The summed E-state index contributed by atoms with van der Waals surface area (Å²) in [4.78, 5) is 20.7. The molecule has 11 nitrogen and oxygen atoms in total. The molecular formula is C41H57ClN4O7S2. The summed E-state index contributed by atoms with van der Waals surface area (Å²) in [5.41, 5.74) is 2.61. The van der Waals surface area contributed by atoms with Crippen LogP contribution < -0.4 is 14.4 Å². The molecule has 4 aliphatic heterocycles. The van der Waals surface area contributed by atoms with Crippen molar-refractivity contribution in [1.82, 2.24) is 14.5 Å². The second-order valence-electron chi connectivity index (χ2n) is 16.5. The monoisotopic (exact) mass is 816 g/mol. The van der Waals surface area contributed by atoms with Crippen LogP contribution in [0.4, 0.5) is 5.69 Å². The largest absolute Gasteiger partial charge is 0.487 e. The number of piperazine rings is 1. The van der Waals surface area contributed by atoms with Crippen LogP contribution in [0, 0.1) is 17.8 Å². The number of anilines is 1. The lowest BCUT2D eigenvalue weighted by Gasteiger charge is -2.53. The number of aryl methyl sites for hydroxylation is 1. The maximum Gasteiger partial charge on any atom is 0.264 e. The molecular weight excluding hydrogens is 760 g/mol. The SMILES string of the molecule is CCO[C@]1(CN2CCN3CCS(=O)(=O)C[C@H]3C2)/C=C/C[C@H](C)[C@@H](C)S(=O)(=O)NC(=O)c2ccc3c(c2)N(CCCCc2cc(Cl)ccc2CO3)C[C@@H]2CC[C@H]21. The van der Waals surface area contributed by atoms with E-state index < -0.39 is 36.6 Å². The molecule has 14 heteroatoms. The van der Waals surface area contributed by atoms with Gasteiger partial charge in [0.25, 0.3) is 5.91 Å². The van der Waals surface area contributed by atoms with Crippen molar-refractivity contribution in [2.75, 3.05) is 68.8 Å². The summed E-state index contributed by atoms with van der Waals surface area (Å²) in [6, 6.07) is 11.1. The molecule has 6 atom stereocenters. The molecule has 2 aromatic rings. The molecule has 2 saturated heterocycles. The van der Waals surface area contributed by atoms with E-state index in [-0.39, 0.29) is 40.9 Å². The minimum atomic E-state index is -4.01. The van der Waals surface area contributed by atoms with Crippen molar-refractivity contribution in [3.63, 3.8) is 0 Å². The lowest BCUT2D eigenvalue weighted by atomic mass is 9.63. The highest BCUT2D eigenvalue weighted by Crippen LogP contribution is 2.47. The third kappa shape index (κ3) is 9.07. The molecule has 2 bridgehead atoms. The number of nitrogens with zero attached hydrogens (tertiary/aromatic N) is 3. The van der Waals surface area contributed by atoms with E-state index in [9.17, 15) is 21.6 Å². The molecule has 1 saturated carbocycles. The minimum Gasteiger partial charge on any atom is -0.487 e. The van der Waals surface area contributed by atoms with Gasteiger partial charge in [-0.1, -0.05) is 36.7 Å². The van der Waals surface area contributed by atoms with E-state index in [1.807, 2.05) is 32.0 Å². The van der Waals surface area contributed by atoms with Gasteiger partial charge < -0.3 is 14.4 Å². The molecule has 0 spiro atoms. The Morgan fingerprint density at radius 2 is 1.82 bits per heavy atom. The van der Waals surface area contributed by atoms with Gasteiger partial charge in [0.05, 0.1) is 22.4 Å². The highest BCUT2D eigenvalue weighted by atomic mass is 35.5. The number of hydrogen-bond donors (Lipinski definition) is 1. The number of hydrogen-bond acceptors (Lipinski definition) is 10. The molecule has 2 aromatic carbocycles. The van der Waals surface area contributed by atoms with Crippen LogP contribution in [0.25, 0.3) is 0 Å². The maximum absolute atomic E-state index is 13.7. The summed E-state index contributed by atoms with van der Waals surface area (Å²) in [5.74, 6) is 0.548. The van der Waals surface area contributed by atoms with Crippen molar-refractivity contribution >= 4 is 43.1 Å². The lowest BCUT2D eigenvalue weighted by Crippen LogP contribution is -2.63. The second kappa shape index (κ2) is 16.7. The molecule has 0 aromatic heterocycles. The number of carbonyl (C=O) groups is 1. The van der Waals surface area contributed by atoms with Gasteiger partial charge in [-0.3, -0.25) is 14.6 Å². The molecule has 1 aliphatic carbocycles. The predicted octanol–water partition coefficient (Wildman–Crippen LogP) is 5.32. The van der Waals surface area contributed by atoms with Gasteiger partial charge in [0, 0.05) is 69.0 Å². The number of nitrogens with one attached hydrogen (secondary N) is 1. The number of sulfone groups is 1. The smallest absolute Gasteiger partial charge is 0.264 e. The van der Waals surface area contributed by atoms with Gasteiger partial charge in [0.1, 0.15) is 18.0 Å². The average Bonchev–Trinajstić information content (AvgIpc) is 3.15. The molecule has 3 fully saturated rings. The van der Waals surface area contributed by atoms with Gasteiger partial charge in [0.2, 0.25) is 10.0 Å². The van der Waals surface area contributed by atoms with Gasteiger partial charge in [-0.15, -0.1) is 0 Å². The third-order valence-corrected chi connectivity index (χ3v) is 16.7. The molecule has 55 heavy (non-hydrogen) atoms. The van der Waals surface area contributed by atoms with Gasteiger partial charge in [-0.25, -0.2) is 21.6 Å². The molecule has 0 radical (unpaired) electrons. The molecule has 0 unspecified atom stereocenters. The average molecular weight is 818 g/mol. The molecule has 5 aliphatic rings. The summed E-state index contributed by atoms with van der Waals surface area (Å²) in [6.45, 7) is 11.4. The van der Waals surface area contributed by atoms with Crippen LogP contribution >= 0.6 is 11.6 Å². The van der Waals surface area contributed by atoms with Crippen LogP contribution in [0.5, 0.6) is 5.75 Å². The number of carbonyl (C=O) groups excluding carboxylic acids is 1. The number of allylic oxidation sites excluding steroid dienone is 1. The first-order chi connectivity index (χ1) is 26.3. The van der Waals surface area contributed by atoms with Crippen LogP contribution in [0.15, 0.2) is 48.6 Å². The van der Waals surface area contributed by atoms with Crippen LogP contribution in [-0.4, -0.2) is 113 Å². The van der Waals surface area contributed by atoms with Gasteiger partial charge in [0.15, 0.2) is 9.84 Å². The van der Waals surface area contributed by atoms with E-state index in [1.54, 1.807) is 25.1 Å². The van der Waals surface area contributed by atoms with E-state index in [1.165, 1.54) is 0 Å². The highest BCUT2D eigenvalue weighted by molar-refractivity contribution is 7.91. The van der Waals surface area contributed by atoms with E-state index in [0.717, 1.165) is 68.6 Å². The summed E-state index contributed by atoms with van der Waals surface area (Å²) >= 11 is 6.41. The van der Waals surface area contributed by atoms with Crippen molar-refractivity contribution in [1.29, 1.82) is 0 Å². The minimum absolute atomic E-state index is 0.0363. The molecule has 1 amide bonds. The summed E-state index contributed by atoms with van der Waals surface area (Å²) in [6.07, 6.45) is 9.47. The zero-order valence-electron chi connectivity index (χ0n) is 32.4. The van der Waals surface area contributed by atoms with Gasteiger partial charge >= 0.3 is 0 Å². The van der Waals surface area contributed by atoms with Gasteiger partial charge in [-0.2, -0.15) is 0 Å².